The minimum atomic E-state index is -3.16. The van der Waals surface area contributed by atoms with E-state index in [9.17, 15) is 8.42 Å². The van der Waals surface area contributed by atoms with E-state index < -0.39 is 10.0 Å². The van der Waals surface area contributed by atoms with Crippen molar-refractivity contribution in [3.05, 3.63) is 35.4 Å². The third kappa shape index (κ3) is 4.08. The predicted molar refractivity (Wildman–Crippen MR) is 88.5 cm³/mol. The summed E-state index contributed by atoms with van der Waals surface area (Å²) in [6.07, 6.45) is 7.38. The van der Waals surface area contributed by atoms with Crippen LogP contribution in [0.3, 0.4) is 0 Å². The molecule has 0 aromatic heterocycles. The van der Waals surface area contributed by atoms with E-state index in [2.05, 4.69) is 12.1 Å². The first-order chi connectivity index (χ1) is 9.90. The molecule has 0 fully saturated rings. The number of aryl methyl sites for hydroxylation is 1. The molecule has 0 heterocycles. The average Bonchev–Trinajstić information content (AvgIpc) is 2.47. The zero-order chi connectivity index (χ0) is 15.5. The van der Waals surface area contributed by atoms with Crippen molar-refractivity contribution in [2.24, 2.45) is 0 Å². The molecule has 0 bridgehead atoms. The summed E-state index contributed by atoms with van der Waals surface area (Å²) in [5.74, 6) is 0.127. The molecule has 0 saturated carbocycles. The van der Waals surface area contributed by atoms with Crippen LogP contribution in [0.25, 0.3) is 5.57 Å². The van der Waals surface area contributed by atoms with Crippen molar-refractivity contribution in [1.82, 2.24) is 4.31 Å². The van der Waals surface area contributed by atoms with E-state index in [1.807, 2.05) is 12.1 Å². The number of hydrogen-bond acceptors (Lipinski definition) is 3. The summed E-state index contributed by atoms with van der Waals surface area (Å²) in [6, 6.07) is 5.87. The second-order valence-electron chi connectivity index (χ2n) is 5.75. The number of nitrogens with zero attached hydrogens (tertiary/aromatic N) is 1. The minimum absolute atomic E-state index is 0.127. The first-order valence-corrected chi connectivity index (χ1v) is 8.99. The van der Waals surface area contributed by atoms with Crippen molar-refractivity contribution in [1.29, 1.82) is 0 Å². The molecule has 0 aliphatic heterocycles. The van der Waals surface area contributed by atoms with E-state index in [4.69, 9.17) is 5.73 Å². The molecule has 1 aliphatic rings. The lowest BCUT2D eigenvalue weighted by Gasteiger charge is -2.16. The Morgan fingerprint density at radius 2 is 2.00 bits per heavy atom. The molecule has 2 N–H and O–H groups in total. The van der Waals surface area contributed by atoms with Crippen LogP contribution in [-0.4, -0.2) is 32.6 Å². The van der Waals surface area contributed by atoms with E-state index in [-0.39, 0.29) is 5.75 Å². The predicted octanol–water partition coefficient (Wildman–Crippen LogP) is 2.66. The summed E-state index contributed by atoms with van der Waals surface area (Å²) in [5.41, 5.74) is 10.3. The third-order valence-electron chi connectivity index (χ3n) is 3.96. The van der Waals surface area contributed by atoms with Gasteiger partial charge in [-0.25, -0.2) is 12.7 Å². The van der Waals surface area contributed by atoms with Crippen molar-refractivity contribution >= 4 is 21.3 Å². The molecule has 1 aromatic rings. The van der Waals surface area contributed by atoms with E-state index in [0.717, 1.165) is 29.7 Å². The van der Waals surface area contributed by atoms with Crippen molar-refractivity contribution in [2.75, 3.05) is 25.6 Å². The number of hydrogen-bond donors (Lipinski definition) is 1. The molecule has 4 nitrogen and oxygen atoms in total. The molecule has 0 radical (unpaired) electrons. The van der Waals surface area contributed by atoms with Crippen LogP contribution < -0.4 is 5.73 Å². The van der Waals surface area contributed by atoms with E-state index in [1.54, 1.807) is 14.1 Å². The standard InChI is InChI=1S/C16H24N2O2S/c1-18(2)21(19,20)11-10-13-8-9-16(17)15(12-13)14-6-4-3-5-7-14/h6,8-9,12H,3-5,7,10-11,17H2,1-2H3. The molecule has 2 rings (SSSR count). The fraction of sp³-hybridized carbons (Fsp3) is 0.500. The zero-order valence-electron chi connectivity index (χ0n) is 12.8. The number of nitrogen functional groups attached to an aromatic ring is 1. The molecule has 0 saturated heterocycles. The highest BCUT2D eigenvalue weighted by molar-refractivity contribution is 7.89. The van der Waals surface area contributed by atoms with E-state index in [1.165, 1.54) is 22.7 Å². The second kappa shape index (κ2) is 6.62. The highest BCUT2D eigenvalue weighted by Gasteiger charge is 2.15. The molecule has 1 aliphatic carbocycles. The Labute approximate surface area is 127 Å². The van der Waals surface area contributed by atoms with Crippen LogP contribution in [-0.2, 0) is 16.4 Å². The number of benzene rings is 1. The van der Waals surface area contributed by atoms with Crippen LogP contribution in [0.5, 0.6) is 0 Å². The van der Waals surface area contributed by atoms with E-state index in [0.29, 0.717) is 6.42 Å². The molecule has 1 aromatic carbocycles. The van der Waals surface area contributed by atoms with Gasteiger partial charge >= 0.3 is 0 Å². The van der Waals surface area contributed by atoms with Crippen molar-refractivity contribution in [2.45, 2.75) is 32.1 Å². The van der Waals surface area contributed by atoms with Crippen LogP contribution in [0.15, 0.2) is 24.3 Å². The molecular weight excluding hydrogens is 284 g/mol. The molecule has 0 amide bonds. The summed E-state index contributed by atoms with van der Waals surface area (Å²) < 4.78 is 25.0. The number of rotatable bonds is 5. The Bertz CT molecular complexity index is 634. The maximum atomic E-state index is 11.8. The van der Waals surface area contributed by atoms with Gasteiger partial charge in [-0.3, -0.25) is 0 Å². The quantitative estimate of drug-likeness (QED) is 0.851. The fourth-order valence-corrected chi connectivity index (χ4v) is 3.41. The van der Waals surface area contributed by atoms with Gasteiger partial charge in [-0.15, -0.1) is 0 Å². The minimum Gasteiger partial charge on any atom is -0.398 e. The summed E-state index contributed by atoms with van der Waals surface area (Å²) >= 11 is 0. The Morgan fingerprint density at radius 1 is 1.24 bits per heavy atom. The van der Waals surface area contributed by atoms with Gasteiger partial charge < -0.3 is 5.73 Å². The van der Waals surface area contributed by atoms with Gasteiger partial charge in [0.2, 0.25) is 10.0 Å². The van der Waals surface area contributed by atoms with Crippen LogP contribution >= 0.6 is 0 Å². The SMILES string of the molecule is CN(C)S(=O)(=O)CCc1ccc(N)c(C2=CCCCC2)c1. The molecular formula is C16H24N2O2S. The lowest BCUT2D eigenvalue weighted by molar-refractivity contribution is 0.520. The lowest BCUT2D eigenvalue weighted by Crippen LogP contribution is -2.26. The van der Waals surface area contributed by atoms with Gasteiger partial charge in [0.05, 0.1) is 5.75 Å². The molecule has 116 valence electrons. The second-order valence-corrected chi connectivity index (χ2v) is 8.05. The maximum absolute atomic E-state index is 11.8. The summed E-state index contributed by atoms with van der Waals surface area (Å²) in [4.78, 5) is 0. The van der Waals surface area contributed by atoms with Crippen molar-refractivity contribution < 1.29 is 8.42 Å². The number of anilines is 1. The monoisotopic (exact) mass is 308 g/mol. The van der Waals surface area contributed by atoms with Crippen molar-refractivity contribution in [3.8, 4) is 0 Å². The van der Waals surface area contributed by atoms with Gasteiger partial charge in [0.25, 0.3) is 0 Å². The van der Waals surface area contributed by atoms with Gasteiger partial charge in [0.1, 0.15) is 0 Å². The first-order valence-electron chi connectivity index (χ1n) is 7.38. The summed E-state index contributed by atoms with van der Waals surface area (Å²) in [7, 11) is -0.0246. The maximum Gasteiger partial charge on any atom is 0.213 e. The largest absolute Gasteiger partial charge is 0.398 e. The van der Waals surface area contributed by atoms with Gasteiger partial charge in [0.15, 0.2) is 0 Å². The molecule has 5 heteroatoms. The molecule has 21 heavy (non-hydrogen) atoms. The fourth-order valence-electron chi connectivity index (χ4n) is 2.55. The van der Waals surface area contributed by atoms with Gasteiger partial charge in [0, 0.05) is 25.3 Å². The Balaban J connectivity index is 2.17. The Morgan fingerprint density at radius 3 is 2.62 bits per heavy atom. The average molecular weight is 308 g/mol. The Kier molecular flexibility index (Phi) is 5.06. The molecule has 0 spiro atoms. The normalized spacial score (nSPS) is 16.0. The van der Waals surface area contributed by atoms with Crippen LogP contribution in [0.4, 0.5) is 5.69 Å². The van der Waals surface area contributed by atoms with Crippen LogP contribution in [0.2, 0.25) is 0 Å². The zero-order valence-corrected chi connectivity index (χ0v) is 13.6. The number of sulfonamides is 1. The topological polar surface area (TPSA) is 63.4 Å². The lowest BCUT2D eigenvalue weighted by atomic mass is 9.91. The summed E-state index contributed by atoms with van der Waals surface area (Å²) in [6.45, 7) is 0. The number of nitrogens with two attached hydrogens (primary N) is 1. The van der Waals surface area contributed by atoms with Gasteiger partial charge in [-0.2, -0.15) is 0 Å². The van der Waals surface area contributed by atoms with E-state index >= 15 is 0 Å². The Hall–Kier alpha value is -1.33. The van der Waals surface area contributed by atoms with Gasteiger partial charge in [-0.1, -0.05) is 12.1 Å². The molecule has 0 unspecified atom stereocenters. The molecule has 0 atom stereocenters. The first kappa shape index (κ1) is 16.0. The summed E-state index contributed by atoms with van der Waals surface area (Å²) in [5, 5.41) is 0. The van der Waals surface area contributed by atoms with Crippen molar-refractivity contribution in [3.63, 3.8) is 0 Å². The van der Waals surface area contributed by atoms with Crippen LogP contribution in [0, 0.1) is 0 Å². The highest BCUT2D eigenvalue weighted by Crippen LogP contribution is 2.31. The smallest absolute Gasteiger partial charge is 0.213 e. The number of allylic oxidation sites excluding steroid dienone is 2. The highest BCUT2D eigenvalue weighted by atomic mass is 32.2. The van der Waals surface area contributed by atoms with Gasteiger partial charge in [-0.05, 0) is 55.4 Å². The van der Waals surface area contributed by atoms with Crippen LogP contribution in [0.1, 0.15) is 36.8 Å². The third-order valence-corrected chi connectivity index (χ3v) is 5.79.